The van der Waals surface area contributed by atoms with Crippen molar-refractivity contribution < 1.29 is 4.79 Å². The van der Waals surface area contributed by atoms with Crippen molar-refractivity contribution in [1.82, 2.24) is 0 Å². The zero-order valence-corrected chi connectivity index (χ0v) is 5.91. The summed E-state index contributed by atoms with van der Waals surface area (Å²) >= 11 is 5.07. The Morgan fingerprint density at radius 3 is 2.44 bits per heavy atom. The Morgan fingerprint density at radius 1 is 1.33 bits per heavy atom. The van der Waals surface area contributed by atoms with Crippen LogP contribution in [0.1, 0.15) is 19.3 Å². The molecule has 2 saturated carbocycles. The summed E-state index contributed by atoms with van der Waals surface area (Å²) in [5.41, 5.74) is 0. The van der Waals surface area contributed by atoms with Crippen molar-refractivity contribution in [2.24, 2.45) is 11.8 Å². The van der Waals surface area contributed by atoms with Crippen molar-refractivity contribution in [3.05, 3.63) is 0 Å². The number of carbonyl (C=O) groups excluding carboxylic acids is 1. The van der Waals surface area contributed by atoms with E-state index in [0.717, 1.165) is 24.1 Å². The summed E-state index contributed by atoms with van der Waals surface area (Å²) in [6, 6.07) is 0. The molecule has 0 N–H and O–H groups in total. The van der Waals surface area contributed by atoms with Gasteiger partial charge in [-0.15, -0.1) is 0 Å². The minimum atomic E-state index is 0.336. The van der Waals surface area contributed by atoms with E-state index >= 15 is 0 Å². The van der Waals surface area contributed by atoms with Crippen LogP contribution in [0, 0.1) is 11.8 Å². The molecule has 0 aromatic carbocycles. The van der Waals surface area contributed by atoms with E-state index in [1.165, 1.54) is 0 Å². The van der Waals surface area contributed by atoms with Crippen molar-refractivity contribution in [1.29, 1.82) is 0 Å². The molecule has 0 aromatic rings. The van der Waals surface area contributed by atoms with Gasteiger partial charge in [0.1, 0.15) is 5.78 Å². The van der Waals surface area contributed by atoms with Gasteiger partial charge in [0.25, 0.3) is 0 Å². The van der Waals surface area contributed by atoms with Gasteiger partial charge in [0, 0.05) is 12.3 Å². The maximum absolute atomic E-state index is 10.9. The van der Waals surface area contributed by atoms with E-state index in [9.17, 15) is 4.79 Å². The van der Waals surface area contributed by atoms with Crippen LogP contribution in [0.3, 0.4) is 0 Å². The predicted molar refractivity (Wildman–Crippen MR) is 38.4 cm³/mol. The standard InChI is InChI=1S/C7H8OS/c8-6-2-5-1-4(6)3-7(5)9/h4-5H,1-3H2. The summed E-state index contributed by atoms with van der Waals surface area (Å²) in [5, 5.41) is 0. The van der Waals surface area contributed by atoms with Gasteiger partial charge >= 0.3 is 0 Å². The van der Waals surface area contributed by atoms with Crippen LogP contribution in [0.25, 0.3) is 0 Å². The second-order valence-corrected chi connectivity index (χ2v) is 3.49. The normalized spacial score (nSPS) is 40.4. The molecule has 0 amide bonds. The average Bonchev–Trinajstić information content (AvgIpc) is 2.24. The molecule has 48 valence electrons. The van der Waals surface area contributed by atoms with Gasteiger partial charge in [-0.05, 0) is 23.6 Å². The lowest BCUT2D eigenvalue weighted by molar-refractivity contribution is -0.120. The molecule has 0 saturated heterocycles. The summed E-state index contributed by atoms with van der Waals surface area (Å²) in [6.07, 6.45) is 2.74. The number of thiocarbonyl (C=S) groups is 1. The molecular formula is C7H8OS. The summed E-state index contributed by atoms with van der Waals surface area (Å²) in [6.45, 7) is 0. The summed E-state index contributed by atoms with van der Waals surface area (Å²) in [7, 11) is 0. The minimum absolute atomic E-state index is 0.336. The fourth-order valence-electron chi connectivity index (χ4n) is 1.82. The highest BCUT2D eigenvalue weighted by atomic mass is 32.1. The summed E-state index contributed by atoms with van der Waals surface area (Å²) in [4.78, 5) is 12.1. The van der Waals surface area contributed by atoms with Crippen LogP contribution in [0.5, 0.6) is 0 Å². The van der Waals surface area contributed by atoms with Crippen molar-refractivity contribution >= 4 is 22.9 Å². The minimum Gasteiger partial charge on any atom is -0.299 e. The number of Topliss-reactive ketones (excluding diaryl/α,β-unsaturated/α-hetero) is 1. The maximum atomic E-state index is 10.9. The molecule has 0 spiro atoms. The van der Waals surface area contributed by atoms with Crippen LogP contribution in [0.4, 0.5) is 0 Å². The third-order valence-electron chi connectivity index (χ3n) is 2.37. The number of ketones is 1. The molecule has 2 rings (SSSR count). The van der Waals surface area contributed by atoms with Gasteiger partial charge < -0.3 is 0 Å². The van der Waals surface area contributed by atoms with Gasteiger partial charge in [-0.1, -0.05) is 12.2 Å². The first-order chi connectivity index (χ1) is 4.27. The summed E-state index contributed by atoms with van der Waals surface area (Å²) in [5.74, 6) is 1.29. The van der Waals surface area contributed by atoms with E-state index in [1.54, 1.807) is 0 Å². The number of fused-ring (bicyclic) bond motifs is 2. The highest BCUT2D eigenvalue weighted by Crippen LogP contribution is 2.39. The molecule has 2 unspecified atom stereocenters. The quantitative estimate of drug-likeness (QED) is 0.472. The number of hydrogen-bond donors (Lipinski definition) is 0. The molecule has 0 heterocycles. The molecule has 2 fully saturated rings. The predicted octanol–water partition coefficient (Wildman–Crippen LogP) is 1.36. The van der Waals surface area contributed by atoms with E-state index in [4.69, 9.17) is 12.2 Å². The van der Waals surface area contributed by atoms with E-state index in [-0.39, 0.29) is 0 Å². The lowest BCUT2D eigenvalue weighted by atomic mass is 9.99. The zero-order chi connectivity index (χ0) is 6.43. The fraction of sp³-hybridized carbons (Fsp3) is 0.714. The molecular weight excluding hydrogens is 132 g/mol. The molecule has 9 heavy (non-hydrogen) atoms. The molecule has 2 bridgehead atoms. The van der Waals surface area contributed by atoms with Crippen LogP contribution in [0.2, 0.25) is 0 Å². The smallest absolute Gasteiger partial charge is 0.136 e. The molecule has 2 aliphatic rings. The van der Waals surface area contributed by atoms with Gasteiger partial charge in [-0.2, -0.15) is 0 Å². The Hall–Kier alpha value is -0.240. The lowest BCUT2D eigenvalue weighted by Crippen LogP contribution is -2.14. The van der Waals surface area contributed by atoms with Crippen molar-refractivity contribution in [3.63, 3.8) is 0 Å². The molecule has 0 aliphatic heterocycles. The van der Waals surface area contributed by atoms with Crippen LogP contribution in [0.15, 0.2) is 0 Å². The van der Waals surface area contributed by atoms with E-state index in [1.807, 2.05) is 0 Å². The highest BCUT2D eigenvalue weighted by Gasteiger charge is 2.41. The first kappa shape index (κ1) is 5.54. The van der Waals surface area contributed by atoms with Gasteiger partial charge in [-0.25, -0.2) is 0 Å². The molecule has 0 aromatic heterocycles. The van der Waals surface area contributed by atoms with E-state index in [0.29, 0.717) is 17.6 Å². The van der Waals surface area contributed by atoms with Crippen molar-refractivity contribution in [2.45, 2.75) is 19.3 Å². The third-order valence-corrected chi connectivity index (χ3v) is 2.87. The lowest BCUT2D eigenvalue weighted by Gasteiger charge is -2.07. The Bertz CT molecular complexity index is 165. The molecule has 1 nitrogen and oxygen atoms in total. The molecule has 2 aliphatic carbocycles. The first-order valence-corrected chi connectivity index (χ1v) is 3.73. The third kappa shape index (κ3) is 0.659. The number of hydrogen-bond acceptors (Lipinski definition) is 2. The van der Waals surface area contributed by atoms with E-state index in [2.05, 4.69) is 0 Å². The van der Waals surface area contributed by atoms with Gasteiger partial charge in [-0.3, -0.25) is 4.79 Å². The largest absolute Gasteiger partial charge is 0.299 e. The van der Waals surface area contributed by atoms with Gasteiger partial charge in [0.05, 0.1) is 0 Å². The second-order valence-electron chi connectivity index (χ2n) is 2.97. The van der Waals surface area contributed by atoms with Crippen molar-refractivity contribution in [3.8, 4) is 0 Å². The fourth-order valence-corrected chi connectivity index (χ4v) is 2.20. The van der Waals surface area contributed by atoms with Gasteiger partial charge in [0.15, 0.2) is 0 Å². The Balaban J connectivity index is 2.28. The highest BCUT2D eigenvalue weighted by molar-refractivity contribution is 7.80. The van der Waals surface area contributed by atoms with Crippen LogP contribution < -0.4 is 0 Å². The van der Waals surface area contributed by atoms with Crippen LogP contribution >= 0.6 is 12.2 Å². The molecule has 0 radical (unpaired) electrons. The van der Waals surface area contributed by atoms with E-state index < -0.39 is 0 Å². The summed E-state index contributed by atoms with van der Waals surface area (Å²) < 4.78 is 0. The van der Waals surface area contributed by atoms with Gasteiger partial charge in [0.2, 0.25) is 0 Å². The number of carbonyl (C=O) groups is 1. The van der Waals surface area contributed by atoms with Crippen LogP contribution in [-0.4, -0.2) is 10.6 Å². The Morgan fingerprint density at radius 2 is 2.11 bits per heavy atom. The topological polar surface area (TPSA) is 17.1 Å². The first-order valence-electron chi connectivity index (χ1n) is 3.33. The second kappa shape index (κ2) is 1.63. The Labute approximate surface area is 59.4 Å². The zero-order valence-electron chi connectivity index (χ0n) is 5.09. The SMILES string of the molecule is O=C1CC2CC1CC2=S. The number of rotatable bonds is 0. The Kier molecular flexibility index (Phi) is 1.00. The van der Waals surface area contributed by atoms with Crippen molar-refractivity contribution in [2.75, 3.05) is 0 Å². The molecule has 2 heteroatoms. The molecule has 2 atom stereocenters. The van der Waals surface area contributed by atoms with Crippen LogP contribution in [-0.2, 0) is 4.79 Å². The monoisotopic (exact) mass is 140 g/mol. The average molecular weight is 140 g/mol. The maximum Gasteiger partial charge on any atom is 0.136 e.